The van der Waals surface area contributed by atoms with Crippen LogP contribution in [0.3, 0.4) is 0 Å². The van der Waals surface area contributed by atoms with E-state index in [1.54, 1.807) is 0 Å². The number of hydrogen-bond donors (Lipinski definition) is 2. The molecule has 1 aromatic rings. The van der Waals surface area contributed by atoms with Gasteiger partial charge < -0.3 is 5.11 Å². The quantitative estimate of drug-likeness (QED) is 0.214. The molecule has 0 atom stereocenters. The lowest BCUT2D eigenvalue weighted by molar-refractivity contribution is -0.384. The zero-order chi connectivity index (χ0) is 17.8. The van der Waals surface area contributed by atoms with Crippen LogP contribution in [0.4, 0.5) is 24.5 Å². The van der Waals surface area contributed by atoms with Crippen LogP contribution in [0.1, 0.15) is 15.9 Å². The van der Waals surface area contributed by atoms with E-state index < -0.39 is 39.6 Å². The predicted octanol–water partition coefficient (Wildman–Crippen LogP) is 2.73. The summed E-state index contributed by atoms with van der Waals surface area (Å²) in [7, 11) is 0. The van der Waals surface area contributed by atoms with Gasteiger partial charge in [-0.05, 0) is 12.3 Å². The van der Waals surface area contributed by atoms with Crippen LogP contribution in [-0.2, 0) is 6.18 Å². The second kappa shape index (κ2) is 6.97. The standard InChI is InChI=1S/C11H7F3N4O4S/c1-23-10(16-4-15)17-8-6(9(19)20)2-5(11(12,13)14)3-7(8)18(21)22/h2-3H,1H3,(H,16,17)(H,19,20). The summed E-state index contributed by atoms with van der Waals surface area (Å²) in [5, 5.41) is 30.3. The Labute approximate surface area is 130 Å². The second-order valence-corrected chi connectivity index (χ2v) is 4.60. The molecule has 0 aromatic heterocycles. The molecule has 0 aliphatic rings. The Balaban J connectivity index is 3.76. The van der Waals surface area contributed by atoms with Crippen molar-refractivity contribution >= 4 is 34.3 Å². The summed E-state index contributed by atoms with van der Waals surface area (Å²) in [6, 6.07) is 0.439. The summed E-state index contributed by atoms with van der Waals surface area (Å²) in [4.78, 5) is 24.6. The van der Waals surface area contributed by atoms with Gasteiger partial charge in [0.05, 0.1) is 16.1 Å². The minimum atomic E-state index is -4.97. The summed E-state index contributed by atoms with van der Waals surface area (Å²) in [5.74, 6) is -1.82. The van der Waals surface area contributed by atoms with E-state index in [4.69, 9.17) is 10.4 Å². The topological polar surface area (TPSA) is 129 Å². The van der Waals surface area contributed by atoms with Gasteiger partial charge in [-0.1, -0.05) is 11.8 Å². The molecule has 0 radical (unpaired) electrons. The number of alkyl halides is 3. The summed E-state index contributed by atoms with van der Waals surface area (Å²) in [6.45, 7) is 0. The van der Waals surface area contributed by atoms with E-state index in [1.807, 2.05) is 5.32 Å². The first-order valence-electron chi connectivity index (χ1n) is 5.52. The van der Waals surface area contributed by atoms with Gasteiger partial charge in [0.25, 0.3) is 5.69 Å². The Morgan fingerprint density at radius 1 is 1.52 bits per heavy atom. The average molecular weight is 348 g/mol. The predicted molar refractivity (Wildman–Crippen MR) is 74.4 cm³/mol. The highest BCUT2D eigenvalue weighted by Crippen LogP contribution is 2.39. The van der Waals surface area contributed by atoms with E-state index >= 15 is 0 Å². The lowest BCUT2D eigenvalue weighted by atomic mass is 10.1. The van der Waals surface area contributed by atoms with Crippen LogP contribution in [0.15, 0.2) is 17.1 Å². The number of aliphatic imine (C=N–C) groups is 1. The molecule has 0 aliphatic carbocycles. The van der Waals surface area contributed by atoms with Crippen molar-refractivity contribution in [3.8, 4) is 6.19 Å². The Hall–Kier alpha value is -2.81. The molecule has 1 aromatic carbocycles. The molecular formula is C11H7F3N4O4S. The number of thioether (sulfide) groups is 1. The molecule has 0 heterocycles. The molecule has 0 amide bonds. The summed E-state index contributed by atoms with van der Waals surface area (Å²) in [5.41, 5.74) is -4.41. The minimum absolute atomic E-state index is 0.190. The van der Waals surface area contributed by atoms with E-state index in [2.05, 4.69) is 4.99 Å². The number of nitrogens with one attached hydrogen (secondary N) is 1. The summed E-state index contributed by atoms with van der Waals surface area (Å²) >= 11 is 0.819. The number of nitriles is 1. The van der Waals surface area contributed by atoms with Crippen LogP contribution in [0.25, 0.3) is 0 Å². The highest BCUT2D eigenvalue weighted by atomic mass is 32.2. The van der Waals surface area contributed by atoms with Crippen molar-refractivity contribution in [1.29, 1.82) is 5.26 Å². The average Bonchev–Trinajstić information content (AvgIpc) is 2.44. The molecule has 2 N–H and O–H groups in total. The monoisotopic (exact) mass is 348 g/mol. The third kappa shape index (κ3) is 4.33. The number of halogens is 3. The Morgan fingerprint density at radius 3 is 2.52 bits per heavy atom. The molecule has 0 saturated carbocycles. The van der Waals surface area contributed by atoms with Crippen LogP contribution in [0.5, 0.6) is 0 Å². The highest BCUT2D eigenvalue weighted by molar-refractivity contribution is 8.13. The molecule has 0 bridgehead atoms. The van der Waals surface area contributed by atoms with E-state index in [-0.39, 0.29) is 17.3 Å². The van der Waals surface area contributed by atoms with Crippen molar-refractivity contribution in [3.05, 3.63) is 33.4 Å². The molecule has 0 unspecified atom stereocenters. The molecule has 0 spiro atoms. The number of rotatable bonds is 3. The fourth-order valence-corrected chi connectivity index (χ4v) is 1.81. The number of nitro benzene ring substituents is 1. The highest BCUT2D eigenvalue weighted by Gasteiger charge is 2.36. The van der Waals surface area contributed by atoms with Gasteiger partial charge >= 0.3 is 12.1 Å². The van der Waals surface area contributed by atoms with E-state index in [9.17, 15) is 28.1 Å². The third-order valence-electron chi connectivity index (χ3n) is 2.41. The van der Waals surface area contributed by atoms with Gasteiger partial charge in [0.1, 0.15) is 0 Å². The number of amidine groups is 1. The smallest absolute Gasteiger partial charge is 0.416 e. The van der Waals surface area contributed by atoms with Gasteiger partial charge in [-0.25, -0.2) is 9.79 Å². The van der Waals surface area contributed by atoms with Crippen LogP contribution in [0.2, 0.25) is 0 Å². The first kappa shape index (κ1) is 18.2. The van der Waals surface area contributed by atoms with Gasteiger partial charge in [0.15, 0.2) is 17.0 Å². The molecule has 0 fully saturated rings. The third-order valence-corrected chi connectivity index (χ3v) is 2.99. The Morgan fingerprint density at radius 2 is 2.13 bits per heavy atom. The van der Waals surface area contributed by atoms with Crippen molar-refractivity contribution in [3.63, 3.8) is 0 Å². The molecule has 0 saturated heterocycles. The maximum atomic E-state index is 12.7. The number of nitrogens with zero attached hydrogens (tertiary/aromatic N) is 3. The fourth-order valence-electron chi connectivity index (χ4n) is 1.48. The van der Waals surface area contributed by atoms with Crippen molar-refractivity contribution in [2.45, 2.75) is 6.18 Å². The number of carbonyl (C=O) groups is 1. The van der Waals surface area contributed by atoms with Gasteiger partial charge in [-0.3, -0.25) is 15.4 Å². The van der Waals surface area contributed by atoms with Crippen LogP contribution < -0.4 is 5.32 Å². The molecule has 1 rings (SSSR count). The maximum absolute atomic E-state index is 12.7. The van der Waals surface area contributed by atoms with E-state index in [0.29, 0.717) is 0 Å². The van der Waals surface area contributed by atoms with Gasteiger partial charge in [0.2, 0.25) is 0 Å². The van der Waals surface area contributed by atoms with Crippen LogP contribution in [-0.4, -0.2) is 27.4 Å². The van der Waals surface area contributed by atoms with Crippen molar-refractivity contribution in [2.24, 2.45) is 4.99 Å². The fraction of sp³-hybridized carbons (Fsp3) is 0.182. The normalized spacial score (nSPS) is 11.7. The Kier molecular flexibility index (Phi) is 5.52. The molecular weight excluding hydrogens is 341 g/mol. The van der Waals surface area contributed by atoms with Crippen LogP contribution in [0, 0.1) is 21.6 Å². The molecule has 23 heavy (non-hydrogen) atoms. The molecule has 0 aliphatic heterocycles. The number of nitro groups is 1. The maximum Gasteiger partial charge on any atom is 0.416 e. The summed E-state index contributed by atoms with van der Waals surface area (Å²) in [6.07, 6.45) is -2.06. The van der Waals surface area contributed by atoms with Crippen LogP contribution >= 0.6 is 11.8 Å². The number of aromatic carboxylic acids is 1. The number of carboxylic acids is 1. The van der Waals surface area contributed by atoms with E-state index in [0.717, 1.165) is 11.8 Å². The second-order valence-electron chi connectivity index (χ2n) is 3.81. The van der Waals surface area contributed by atoms with E-state index in [1.165, 1.54) is 12.4 Å². The van der Waals surface area contributed by atoms with Crippen molar-refractivity contribution < 1.29 is 28.0 Å². The zero-order valence-corrected chi connectivity index (χ0v) is 12.0. The number of benzene rings is 1. The Bertz CT molecular complexity index is 692. The van der Waals surface area contributed by atoms with Gasteiger partial charge in [-0.2, -0.15) is 18.4 Å². The largest absolute Gasteiger partial charge is 0.478 e. The lowest BCUT2D eigenvalue weighted by Crippen LogP contribution is -2.14. The first-order valence-corrected chi connectivity index (χ1v) is 6.75. The summed E-state index contributed by atoms with van der Waals surface area (Å²) < 4.78 is 38.2. The number of hydrogen-bond acceptors (Lipinski definition) is 6. The first-order chi connectivity index (χ1) is 10.6. The number of carboxylic acid groups (broad SMARTS) is 1. The van der Waals surface area contributed by atoms with Crippen molar-refractivity contribution in [1.82, 2.24) is 5.32 Å². The molecule has 122 valence electrons. The SMILES string of the molecule is CSC(=Nc1c(C(=O)O)cc(C(F)(F)F)cc1[N+](=O)[O-])NC#N. The molecule has 12 heteroatoms. The molecule has 8 nitrogen and oxygen atoms in total. The zero-order valence-electron chi connectivity index (χ0n) is 11.2. The van der Waals surface area contributed by atoms with Gasteiger partial charge in [-0.15, -0.1) is 0 Å². The van der Waals surface area contributed by atoms with Crippen molar-refractivity contribution in [2.75, 3.05) is 6.26 Å². The van der Waals surface area contributed by atoms with Gasteiger partial charge in [0, 0.05) is 6.07 Å². The minimum Gasteiger partial charge on any atom is -0.478 e. The lowest BCUT2D eigenvalue weighted by Gasteiger charge is -2.10.